The summed E-state index contributed by atoms with van der Waals surface area (Å²) in [5.41, 5.74) is -2.27. The zero-order valence-electron chi connectivity index (χ0n) is 19.2. The molecule has 0 bridgehead atoms. The minimum Gasteiger partial charge on any atom is -0.489 e. The molecule has 3 rings (SSSR count). The number of hydrogen-bond donors (Lipinski definition) is 0. The molecule has 1 fully saturated rings. The lowest BCUT2D eigenvalue weighted by atomic mass is 10.0. The maximum Gasteiger partial charge on any atom is 0.416 e. The summed E-state index contributed by atoms with van der Waals surface area (Å²) in [4.78, 5) is 15.6. The van der Waals surface area contributed by atoms with Crippen molar-refractivity contribution in [3.05, 3.63) is 64.7 Å². The number of carbonyl (C=O) groups is 1. The van der Waals surface area contributed by atoms with Gasteiger partial charge in [-0.2, -0.15) is 26.3 Å². The van der Waals surface area contributed by atoms with E-state index in [4.69, 9.17) is 9.47 Å². The Morgan fingerprint density at radius 3 is 2.06 bits per heavy atom. The first-order valence-electron chi connectivity index (χ1n) is 11.1. The van der Waals surface area contributed by atoms with Crippen molar-refractivity contribution in [2.45, 2.75) is 38.8 Å². The summed E-state index contributed by atoms with van der Waals surface area (Å²) in [6.07, 6.45) is -10.2. The van der Waals surface area contributed by atoms with Crippen molar-refractivity contribution in [1.29, 1.82) is 0 Å². The van der Waals surface area contributed by atoms with Crippen molar-refractivity contribution < 1.29 is 40.6 Å². The molecule has 1 saturated heterocycles. The second-order valence-corrected chi connectivity index (χ2v) is 8.14. The van der Waals surface area contributed by atoms with Crippen molar-refractivity contribution in [2.75, 3.05) is 32.8 Å². The average molecular weight is 504 g/mol. The highest BCUT2D eigenvalue weighted by Crippen LogP contribution is 2.37. The first-order valence-corrected chi connectivity index (χ1v) is 11.1. The fourth-order valence-electron chi connectivity index (χ4n) is 3.92. The Labute approximate surface area is 199 Å². The molecule has 35 heavy (non-hydrogen) atoms. The molecule has 2 aromatic rings. The predicted octanol–water partition coefficient (Wildman–Crippen LogP) is 6.14. The smallest absolute Gasteiger partial charge is 0.416 e. The second-order valence-electron chi connectivity index (χ2n) is 8.14. The Balaban J connectivity index is 1.74. The van der Waals surface area contributed by atoms with E-state index in [1.807, 2.05) is 6.92 Å². The number of ether oxygens (including phenoxy) is 2. The van der Waals surface area contributed by atoms with Gasteiger partial charge < -0.3 is 14.4 Å². The SMILES string of the molecule is CCOC(=O)N1CCN([C@@H](C)c2ccccc2OCc2cc(C(F)(F)F)cc(C(F)(F)F)c2)CC1. The summed E-state index contributed by atoms with van der Waals surface area (Å²) >= 11 is 0. The van der Waals surface area contributed by atoms with Gasteiger partial charge in [0.25, 0.3) is 0 Å². The van der Waals surface area contributed by atoms with E-state index in [1.165, 1.54) is 0 Å². The van der Waals surface area contributed by atoms with E-state index in [1.54, 1.807) is 36.1 Å². The number of hydrogen-bond acceptors (Lipinski definition) is 4. The highest BCUT2D eigenvalue weighted by atomic mass is 19.4. The van der Waals surface area contributed by atoms with Crippen LogP contribution in [0.15, 0.2) is 42.5 Å². The summed E-state index contributed by atoms with van der Waals surface area (Å²) in [6, 6.07) is 8.13. The zero-order chi connectivity index (χ0) is 25.8. The third-order valence-electron chi connectivity index (χ3n) is 5.80. The molecular weight excluding hydrogens is 478 g/mol. The quantitative estimate of drug-likeness (QED) is 0.444. The first-order chi connectivity index (χ1) is 16.4. The molecule has 0 radical (unpaired) electrons. The molecular formula is C24H26F6N2O3. The predicted molar refractivity (Wildman–Crippen MR) is 116 cm³/mol. The Morgan fingerprint density at radius 2 is 1.51 bits per heavy atom. The van der Waals surface area contributed by atoms with Crippen LogP contribution in [-0.2, 0) is 23.7 Å². The summed E-state index contributed by atoms with van der Waals surface area (Å²) in [6.45, 7) is 5.55. The normalized spacial score (nSPS) is 16.2. The molecule has 0 aromatic heterocycles. The third-order valence-corrected chi connectivity index (χ3v) is 5.80. The van der Waals surface area contributed by atoms with Crippen LogP contribution in [-0.4, -0.2) is 48.7 Å². The van der Waals surface area contributed by atoms with Crippen LogP contribution in [0.4, 0.5) is 31.1 Å². The van der Waals surface area contributed by atoms with Gasteiger partial charge >= 0.3 is 18.4 Å². The maximum atomic E-state index is 13.1. The fraction of sp³-hybridized carbons (Fsp3) is 0.458. The van der Waals surface area contributed by atoms with E-state index in [2.05, 4.69) is 4.90 Å². The number of nitrogens with zero attached hydrogens (tertiary/aromatic N) is 2. The topological polar surface area (TPSA) is 42.0 Å². The van der Waals surface area contributed by atoms with Crippen LogP contribution in [0.25, 0.3) is 0 Å². The number of para-hydroxylation sites is 1. The number of carbonyl (C=O) groups excluding carboxylic acids is 1. The molecule has 0 unspecified atom stereocenters. The van der Waals surface area contributed by atoms with Crippen molar-refractivity contribution in [1.82, 2.24) is 9.80 Å². The molecule has 192 valence electrons. The molecule has 11 heteroatoms. The molecule has 1 atom stereocenters. The van der Waals surface area contributed by atoms with E-state index in [0.29, 0.717) is 44.1 Å². The molecule has 0 spiro atoms. The van der Waals surface area contributed by atoms with Crippen LogP contribution < -0.4 is 4.74 Å². The zero-order valence-corrected chi connectivity index (χ0v) is 19.2. The van der Waals surface area contributed by atoms with Gasteiger partial charge in [0.05, 0.1) is 17.7 Å². The molecule has 5 nitrogen and oxygen atoms in total. The van der Waals surface area contributed by atoms with Gasteiger partial charge in [-0.15, -0.1) is 0 Å². The van der Waals surface area contributed by atoms with Crippen LogP contribution in [0.1, 0.15) is 42.1 Å². The third kappa shape index (κ3) is 6.81. The highest BCUT2D eigenvalue weighted by molar-refractivity contribution is 5.67. The second kappa shape index (κ2) is 10.8. The largest absolute Gasteiger partial charge is 0.489 e. The van der Waals surface area contributed by atoms with Gasteiger partial charge in [-0.1, -0.05) is 18.2 Å². The van der Waals surface area contributed by atoms with Gasteiger partial charge in [-0.05, 0) is 43.7 Å². The Hall–Kier alpha value is -2.95. The molecule has 0 N–H and O–H groups in total. The number of piperazine rings is 1. The molecule has 1 aliphatic heterocycles. The van der Waals surface area contributed by atoms with E-state index < -0.39 is 30.1 Å². The Morgan fingerprint density at radius 1 is 0.943 bits per heavy atom. The lowest BCUT2D eigenvalue weighted by Crippen LogP contribution is -2.49. The average Bonchev–Trinajstić information content (AvgIpc) is 2.81. The maximum absolute atomic E-state index is 13.1. The highest BCUT2D eigenvalue weighted by Gasteiger charge is 2.37. The van der Waals surface area contributed by atoms with Crippen molar-refractivity contribution in [3.8, 4) is 5.75 Å². The first kappa shape index (κ1) is 26.7. The Kier molecular flexibility index (Phi) is 8.19. The fourth-order valence-corrected chi connectivity index (χ4v) is 3.92. The Bertz CT molecular complexity index is 985. The summed E-state index contributed by atoms with van der Waals surface area (Å²) in [5.74, 6) is 0.360. The molecule has 1 amide bonds. The van der Waals surface area contributed by atoms with Crippen molar-refractivity contribution in [2.24, 2.45) is 0 Å². The molecule has 0 aliphatic carbocycles. The van der Waals surface area contributed by atoms with E-state index in [9.17, 15) is 31.1 Å². The number of halogens is 6. The van der Waals surface area contributed by atoms with Gasteiger partial charge in [-0.25, -0.2) is 4.79 Å². The number of rotatable bonds is 6. The van der Waals surface area contributed by atoms with Crippen molar-refractivity contribution >= 4 is 6.09 Å². The minimum absolute atomic E-state index is 0.0927. The standard InChI is InChI=1S/C24H26F6N2O3/c1-3-34-22(33)32-10-8-31(9-11-32)16(2)20-6-4-5-7-21(20)35-15-17-12-18(23(25,26)27)14-19(13-17)24(28,29)30/h4-7,12-14,16H,3,8-11,15H2,1-2H3/t16-/m0/s1. The number of alkyl halides is 6. The van der Waals surface area contributed by atoms with Crippen LogP contribution in [0.2, 0.25) is 0 Å². The van der Waals surface area contributed by atoms with Crippen molar-refractivity contribution in [3.63, 3.8) is 0 Å². The molecule has 0 saturated carbocycles. The summed E-state index contributed by atoms with van der Waals surface area (Å²) in [5, 5.41) is 0. The van der Waals surface area contributed by atoms with Gasteiger partial charge in [0.1, 0.15) is 12.4 Å². The van der Waals surface area contributed by atoms with Gasteiger partial charge in [0.15, 0.2) is 0 Å². The molecule has 1 heterocycles. The van der Waals surface area contributed by atoms with Crippen LogP contribution >= 0.6 is 0 Å². The lowest BCUT2D eigenvalue weighted by Gasteiger charge is -2.38. The van der Waals surface area contributed by atoms with Gasteiger partial charge in [0.2, 0.25) is 0 Å². The monoisotopic (exact) mass is 504 g/mol. The summed E-state index contributed by atoms with van der Waals surface area (Å²) < 4.78 is 89.6. The minimum atomic E-state index is -4.92. The van der Waals surface area contributed by atoms with Crippen LogP contribution in [0.5, 0.6) is 5.75 Å². The summed E-state index contributed by atoms with van der Waals surface area (Å²) in [7, 11) is 0. The van der Waals surface area contributed by atoms with Gasteiger partial charge in [0, 0.05) is 37.8 Å². The van der Waals surface area contributed by atoms with Crippen LogP contribution in [0.3, 0.4) is 0 Å². The number of benzene rings is 2. The lowest BCUT2D eigenvalue weighted by molar-refractivity contribution is -0.143. The van der Waals surface area contributed by atoms with E-state index >= 15 is 0 Å². The molecule has 1 aliphatic rings. The van der Waals surface area contributed by atoms with Gasteiger partial charge in [-0.3, -0.25) is 4.90 Å². The van der Waals surface area contributed by atoms with E-state index in [-0.39, 0.29) is 30.4 Å². The van der Waals surface area contributed by atoms with E-state index in [0.717, 1.165) is 5.56 Å². The van der Waals surface area contributed by atoms with Crippen LogP contribution in [0, 0.1) is 0 Å². The number of amides is 1. The molecule has 2 aromatic carbocycles.